The molecule has 0 atom stereocenters. The highest BCUT2D eigenvalue weighted by molar-refractivity contribution is 5.79. The highest BCUT2D eigenvalue weighted by Gasteiger charge is 2.27. The first-order valence-corrected chi connectivity index (χ1v) is 7.13. The van der Waals surface area contributed by atoms with Gasteiger partial charge in [-0.2, -0.15) is 8.78 Å². The van der Waals surface area contributed by atoms with E-state index in [0.29, 0.717) is 24.8 Å². The van der Waals surface area contributed by atoms with Crippen molar-refractivity contribution in [3.05, 3.63) is 24.2 Å². The third kappa shape index (κ3) is 3.13. The average molecular weight is 323 g/mol. The summed E-state index contributed by atoms with van der Waals surface area (Å²) in [5.74, 6) is -0.0290. The number of aryl methyl sites for hydroxylation is 1. The van der Waals surface area contributed by atoms with Crippen molar-refractivity contribution in [2.75, 3.05) is 31.1 Å². The van der Waals surface area contributed by atoms with Crippen LogP contribution in [0.3, 0.4) is 0 Å². The number of anilines is 1. The molecule has 0 bridgehead atoms. The van der Waals surface area contributed by atoms with Crippen molar-refractivity contribution in [1.29, 1.82) is 0 Å². The lowest BCUT2D eigenvalue weighted by Crippen LogP contribution is -2.50. The summed E-state index contributed by atoms with van der Waals surface area (Å²) in [4.78, 5) is 23.0. The molecule has 2 aromatic heterocycles. The van der Waals surface area contributed by atoms with Gasteiger partial charge in [0.2, 0.25) is 5.95 Å². The summed E-state index contributed by atoms with van der Waals surface area (Å²) in [6.45, 7) is 3.13. The molecule has 1 aliphatic heterocycles. The second kappa shape index (κ2) is 6.27. The third-order valence-corrected chi connectivity index (χ3v) is 3.73. The van der Waals surface area contributed by atoms with Crippen molar-refractivity contribution in [2.24, 2.45) is 0 Å². The number of rotatable bonds is 3. The van der Waals surface area contributed by atoms with E-state index in [1.54, 1.807) is 18.5 Å². The van der Waals surface area contributed by atoms with Crippen LogP contribution in [0.15, 0.2) is 23.0 Å². The summed E-state index contributed by atoms with van der Waals surface area (Å²) in [5.41, 5.74) is 1.48. The molecule has 23 heavy (non-hydrogen) atoms. The standard InChI is InChI=1S/C14H15F2N5O2/c1-9-10(11-2-3-18-23-11)8-17-14(19-9)21-6-4-20(5-7-21)13(22)12(15)16/h2-3,8,12H,4-7H2,1H3. The van der Waals surface area contributed by atoms with E-state index >= 15 is 0 Å². The molecule has 3 heterocycles. The zero-order chi connectivity index (χ0) is 16.4. The highest BCUT2D eigenvalue weighted by atomic mass is 19.3. The van der Waals surface area contributed by atoms with Crippen molar-refractivity contribution in [2.45, 2.75) is 13.3 Å². The number of nitrogens with zero attached hydrogens (tertiary/aromatic N) is 5. The Balaban J connectivity index is 1.70. The lowest BCUT2D eigenvalue weighted by atomic mass is 10.2. The Bertz CT molecular complexity index is 684. The number of carbonyl (C=O) groups is 1. The van der Waals surface area contributed by atoms with Crippen LogP contribution in [0.4, 0.5) is 14.7 Å². The number of halogens is 2. The van der Waals surface area contributed by atoms with Gasteiger partial charge in [0.25, 0.3) is 5.91 Å². The number of alkyl halides is 2. The van der Waals surface area contributed by atoms with Crippen LogP contribution in [0.25, 0.3) is 11.3 Å². The molecule has 0 aliphatic carbocycles. The molecule has 9 heteroatoms. The van der Waals surface area contributed by atoms with Crippen LogP contribution in [0.1, 0.15) is 5.69 Å². The van der Waals surface area contributed by atoms with Crippen molar-refractivity contribution in [3.8, 4) is 11.3 Å². The molecule has 0 saturated carbocycles. The molecule has 1 aliphatic rings. The van der Waals surface area contributed by atoms with Gasteiger partial charge in [0, 0.05) is 38.4 Å². The first kappa shape index (κ1) is 15.3. The number of hydrogen-bond donors (Lipinski definition) is 0. The number of piperazine rings is 1. The van der Waals surface area contributed by atoms with E-state index in [1.165, 1.54) is 0 Å². The monoisotopic (exact) mass is 323 g/mol. The third-order valence-electron chi connectivity index (χ3n) is 3.73. The number of amides is 1. The smallest absolute Gasteiger partial charge is 0.315 e. The minimum atomic E-state index is -2.96. The molecule has 0 spiro atoms. The van der Waals surface area contributed by atoms with Gasteiger partial charge >= 0.3 is 6.43 Å². The molecule has 0 N–H and O–H groups in total. The largest absolute Gasteiger partial charge is 0.356 e. The van der Waals surface area contributed by atoms with E-state index in [1.807, 2.05) is 11.8 Å². The van der Waals surface area contributed by atoms with Crippen LogP contribution < -0.4 is 4.90 Å². The Morgan fingerprint density at radius 2 is 2.04 bits per heavy atom. The summed E-state index contributed by atoms with van der Waals surface area (Å²) in [6, 6.07) is 1.72. The van der Waals surface area contributed by atoms with Crippen LogP contribution in [-0.4, -0.2) is 58.5 Å². The fourth-order valence-electron chi connectivity index (χ4n) is 2.47. The Morgan fingerprint density at radius 1 is 1.30 bits per heavy atom. The molecule has 0 unspecified atom stereocenters. The second-order valence-corrected chi connectivity index (χ2v) is 5.16. The van der Waals surface area contributed by atoms with Crippen LogP contribution in [0.2, 0.25) is 0 Å². The minimum Gasteiger partial charge on any atom is -0.356 e. The van der Waals surface area contributed by atoms with Gasteiger partial charge in [0.15, 0.2) is 5.76 Å². The lowest BCUT2D eigenvalue weighted by molar-refractivity contribution is -0.143. The van der Waals surface area contributed by atoms with Crippen LogP contribution in [0, 0.1) is 6.92 Å². The van der Waals surface area contributed by atoms with Crippen LogP contribution >= 0.6 is 0 Å². The van der Waals surface area contributed by atoms with Crippen molar-refractivity contribution >= 4 is 11.9 Å². The Morgan fingerprint density at radius 3 is 2.61 bits per heavy atom. The maximum Gasteiger partial charge on any atom is 0.315 e. The number of aromatic nitrogens is 3. The van der Waals surface area contributed by atoms with Crippen molar-refractivity contribution in [1.82, 2.24) is 20.0 Å². The molecule has 7 nitrogen and oxygen atoms in total. The van der Waals surface area contributed by atoms with Crippen molar-refractivity contribution < 1.29 is 18.1 Å². The Labute approximate surface area is 130 Å². The highest BCUT2D eigenvalue weighted by Crippen LogP contribution is 2.23. The van der Waals surface area contributed by atoms with Gasteiger partial charge in [-0.15, -0.1) is 0 Å². The molecular formula is C14H15F2N5O2. The molecule has 0 aromatic carbocycles. The molecule has 1 saturated heterocycles. The predicted molar refractivity (Wildman–Crippen MR) is 77.1 cm³/mol. The van der Waals surface area contributed by atoms with Gasteiger partial charge in [0.05, 0.1) is 17.5 Å². The SMILES string of the molecule is Cc1nc(N2CCN(C(=O)C(F)F)CC2)ncc1-c1ccno1. The maximum absolute atomic E-state index is 12.4. The first-order chi connectivity index (χ1) is 11.1. The molecule has 2 aromatic rings. The molecule has 122 valence electrons. The van der Waals surface area contributed by atoms with Gasteiger partial charge in [0.1, 0.15) is 0 Å². The van der Waals surface area contributed by atoms with Gasteiger partial charge in [-0.25, -0.2) is 9.97 Å². The molecule has 0 radical (unpaired) electrons. The summed E-state index contributed by atoms with van der Waals surface area (Å²) < 4.78 is 29.9. The molecule has 1 amide bonds. The van der Waals surface area contributed by atoms with Crippen LogP contribution in [-0.2, 0) is 4.79 Å². The number of hydrogen-bond acceptors (Lipinski definition) is 6. The predicted octanol–water partition coefficient (Wildman–Crippen LogP) is 1.35. The maximum atomic E-state index is 12.4. The van der Waals surface area contributed by atoms with E-state index < -0.39 is 12.3 Å². The zero-order valence-corrected chi connectivity index (χ0v) is 12.4. The van der Waals surface area contributed by atoms with E-state index in [9.17, 15) is 13.6 Å². The average Bonchev–Trinajstić information content (AvgIpc) is 3.08. The molecule has 1 fully saturated rings. The van der Waals surface area contributed by atoms with E-state index in [-0.39, 0.29) is 13.1 Å². The quantitative estimate of drug-likeness (QED) is 0.849. The van der Waals surface area contributed by atoms with E-state index in [2.05, 4.69) is 15.1 Å². The van der Waals surface area contributed by atoms with Crippen molar-refractivity contribution in [3.63, 3.8) is 0 Å². The zero-order valence-electron chi connectivity index (χ0n) is 12.4. The Hall–Kier alpha value is -2.58. The van der Waals surface area contributed by atoms with E-state index in [4.69, 9.17) is 4.52 Å². The summed E-state index contributed by atoms with van der Waals surface area (Å²) in [6.07, 6.45) is 0.234. The van der Waals surface area contributed by atoms with Gasteiger partial charge < -0.3 is 14.3 Å². The summed E-state index contributed by atoms with van der Waals surface area (Å²) >= 11 is 0. The first-order valence-electron chi connectivity index (χ1n) is 7.13. The van der Waals surface area contributed by atoms with Gasteiger partial charge in [-0.3, -0.25) is 4.79 Å². The number of carbonyl (C=O) groups excluding carboxylic acids is 1. The fourth-order valence-corrected chi connectivity index (χ4v) is 2.47. The fraction of sp³-hybridized carbons (Fsp3) is 0.429. The van der Waals surface area contributed by atoms with E-state index in [0.717, 1.165) is 16.2 Å². The van der Waals surface area contributed by atoms with Gasteiger partial charge in [-0.05, 0) is 6.92 Å². The topological polar surface area (TPSA) is 75.4 Å². The lowest BCUT2D eigenvalue weighted by Gasteiger charge is -2.34. The van der Waals surface area contributed by atoms with Crippen LogP contribution in [0.5, 0.6) is 0 Å². The normalized spacial score (nSPS) is 15.3. The Kier molecular flexibility index (Phi) is 4.18. The molecule has 3 rings (SSSR count). The summed E-state index contributed by atoms with van der Waals surface area (Å²) in [5, 5.41) is 3.65. The van der Waals surface area contributed by atoms with Gasteiger partial charge in [-0.1, -0.05) is 5.16 Å². The minimum absolute atomic E-state index is 0.232. The second-order valence-electron chi connectivity index (χ2n) is 5.16. The molecular weight excluding hydrogens is 308 g/mol. The summed E-state index contributed by atoms with van der Waals surface area (Å²) in [7, 11) is 0.